The fourth-order valence-corrected chi connectivity index (χ4v) is 4.88. The van der Waals surface area contributed by atoms with Crippen molar-refractivity contribution in [1.82, 2.24) is 9.97 Å². The van der Waals surface area contributed by atoms with Gasteiger partial charge in [-0.25, -0.2) is 14.8 Å². The number of benzene rings is 1. The molecule has 0 aliphatic carbocycles. The number of anilines is 1. The third kappa shape index (κ3) is 3.94. The highest BCUT2D eigenvalue weighted by Gasteiger charge is 2.22. The Morgan fingerprint density at radius 1 is 1.30 bits per heavy atom. The molecule has 3 aromatic rings. The van der Waals surface area contributed by atoms with E-state index in [1.54, 1.807) is 17.6 Å². The highest BCUT2D eigenvalue weighted by Crippen LogP contribution is 2.39. The van der Waals surface area contributed by atoms with Gasteiger partial charge in [-0.05, 0) is 17.7 Å². The summed E-state index contributed by atoms with van der Waals surface area (Å²) in [5.41, 5.74) is 9.67. The Morgan fingerprint density at radius 2 is 2.10 bits per heavy atom. The molecule has 1 aromatic carbocycles. The molecule has 3 heterocycles. The molecule has 0 unspecified atom stereocenters. The van der Waals surface area contributed by atoms with Gasteiger partial charge < -0.3 is 5.73 Å². The van der Waals surface area contributed by atoms with Crippen molar-refractivity contribution in [1.29, 1.82) is 5.26 Å². The van der Waals surface area contributed by atoms with E-state index in [2.05, 4.69) is 25.9 Å². The van der Waals surface area contributed by atoms with Gasteiger partial charge >= 0.3 is 0 Å². The Balaban J connectivity index is 1.63. The van der Waals surface area contributed by atoms with Gasteiger partial charge in [-0.3, -0.25) is 4.99 Å². The van der Waals surface area contributed by atoms with Crippen molar-refractivity contribution in [2.24, 2.45) is 4.99 Å². The minimum atomic E-state index is 0.114. The Morgan fingerprint density at radius 3 is 2.77 bits per heavy atom. The summed E-state index contributed by atoms with van der Waals surface area (Å²) < 4.78 is 0. The second-order valence-corrected chi connectivity index (χ2v) is 8.48. The number of halogens is 1. The first-order valence-corrected chi connectivity index (χ1v) is 11.0. The number of hydrogen-bond donors (Lipinski definition) is 1. The smallest absolute Gasteiger partial charge is 0.237 e. The molecule has 2 aromatic heterocycles. The molecule has 0 saturated carbocycles. The first-order valence-electron chi connectivity index (χ1n) is 8.75. The largest absolute Gasteiger partial charge is 0.392 e. The zero-order valence-electron chi connectivity index (χ0n) is 15.5. The van der Waals surface area contributed by atoms with Crippen molar-refractivity contribution >= 4 is 58.0 Å². The quantitative estimate of drug-likeness (QED) is 0.403. The predicted molar refractivity (Wildman–Crippen MR) is 123 cm³/mol. The average Bonchev–Trinajstić information content (AvgIpc) is 3.44. The number of nitrogens with zero attached hydrogens (tertiary/aromatic N) is 5. The monoisotopic (exact) mass is 448 g/mol. The maximum absolute atomic E-state index is 9.80. The molecule has 9 heteroatoms. The first-order chi connectivity index (χ1) is 14.6. The second kappa shape index (κ2) is 8.68. The summed E-state index contributed by atoms with van der Waals surface area (Å²) in [6.07, 6.45) is 3.54. The summed E-state index contributed by atoms with van der Waals surface area (Å²) in [6.45, 7) is 7.99. The zero-order chi connectivity index (χ0) is 21.1. The highest BCUT2D eigenvalue weighted by atomic mass is 35.5. The van der Waals surface area contributed by atoms with Gasteiger partial charge in [-0.2, -0.15) is 5.26 Å². The highest BCUT2D eigenvalue weighted by molar-refractivity contribution is 7.98. The zero-order valence-corrected chi connectivity index (χ0v) is 17.9. The maximum atomic E-state index is 9.80. The van der Waals surface area contributed by atoms with Crippen LogP contribution in [0.5, 0.6) is 0 Å². The minimum absolute atomic E-state index is 0.114. The van der Waals surface area contributed by atoms with Crippen LogP contribution in [0, 0.1) is 17.9 Å². The van der Waals surface area contributed by atoms with E-state index < -0.39 is 0 Å². The van der Waals surface area contributed by atoms with Gasteiger partial charge in [0.05, 0.1) is 24.4 Å². The molecule has 1 aliphatic heterocycles. The number of nitriles is 1. The number of nitrogen functional groups attached to an aromatic ring is 1. The number of nitrogens with two attached hydrogens (primary N) is 1. The maximum Gasteiger partial charge on any atom is 0.237 e. The second-order valence-electron chi connectivity index (χ2n) is 6.22. The SMILES string of the molecule is [C-]#[N+]c1c(N)nc(SCc2csc(-c3ccc(Cl)cc3)n2)c(C#N)c1C1=CCN=C1. The number of thiazole rings is 1. The van der Waals surface area contributed by atoms with E-state index in [-0.39, 0.29) is 11.5 Å². The van der Waals surface area contributed by atoms with Crippen LogP contribution in [0.15, 0.2) is 45.7 Å². The summed E-state index contributed by atoms with van der Waals surface area (Å²) in [6, 6.07) is 9.73. The molecule has 0 amide bonds. The van der Waals surface area contributed by atoms with Crippen LogP contribution in [0.1, 0.15) is 16.8 Å². The topological polar surface area (TPSA) is 92.3 Å². The van der Waals surface area contributed by atoms with Crippen molar-refractivity contribution in [3.63, 3.8) is 0 Å². The van der Waals surface area contributed by atoms with Crippen molar-refractivity contribution < 1.29 is 0 Å². The molecule has 0 bridgehead atoms. The molecule has 30 heavy (non-hydrogen) atoms. The lowest BCUT2D eigenvalue weighted by Gasteiger charge is -2.12. The van der Waals surface area contributed by atoms with Crippen LogP contribution in [0.4, 0.5) is 11.5 Å². The van der Waals surface area contributed by atoms with Crippen LogP contribution in [-0.4, -0.2) is 22.7 Å². The number of rotatable bonds is 5. The summed E-state index contributed by atoms with van der Waals surface area (Å²) in [5.74, 6) is 0.637. The molecule has 0 radical (unpaired) electrons. The van der Waals surface area contributed by atoms with Crippen LogP contribution in [0.2, 0.25) is 5.02 Å². The molecule has 1 aliphatic rings. The molecular weight excluding hydrogens is 436 g/mol. The summed E-state index contributed by atoms with van der Waals surface area (Å²) in [4.78, 5) is 16.7. The fraction of sp³-hybridized carbons (Fsp3) is 0.0952. The van der Waals surface area contributed by atoms with Gasteiger partial charge in [0.15, 0.2) is 0 Å². The number of aromatic nitrogens is 2. The predicted octanol–water partition coefficient (Wildman–Crippen LogP) is 5.62. The summed E-state index contributed by atoms with van der Waals surface area (Å²) >= 11 is 8.87. The Labute approximate surface area is 186 Å². The van der Waals surface area contributed by atoms with Crippen LogP contribution in [0.25, 0.3) is 21.0 Å². The standard InChI is InChI=1S/C21H13ClN6S2/c1-25-18-17(13-6-7-26-9-13)16(8-23)21(28-19(18)24)30-11-15-10-29-20(27-15)12-2-4-14(22)5-3-12/h2-6,9-10H,7,11H2,(H2,24,28). The van der Waals surface area contributed by atoms with E-state index in [0.29, 0.717) is 33.5 Å². The van der Waals surface area contributed by atoms with Crippen molar-refractivity contribution in [2.45, 2.75) is 10.8 Å². The molecule has 146 valence electrons. The molecule has 4 rings (SSSR count). The van der Waals surface area contributed by atoms with Gasteiger partial charge in [0.2, 0.25) is 5.69 Å². The third-order valence-corrected chi connectivity index (χ3v) is 6.53. The molecule has 6 nitrogen and oxygen atoms in total. The van der Waals surface area contributed by atoms with Crippen molar-refractivity contribution in [3.8, 4) is 16.6 Å². The molecule has 2 N–H and O–H groups in total. The Kier molecular flexibility index (Phi) is 5.82. The van der Waals surface area contributed by atoms with Crippen LogP contribution >= 0.6 is 34.7 Å². The average molecular weight is 449 g/mol. The lowest BCUT2D eigenvalue weighted by atomic mass is 10.0. The van der Waals surface area contributed by atoms with E-state index in [1.165, 1.54) is 11.8 Å². The Bertz CT molecular complexity index is 1260. The summed E-state index contributed by atoms with van der Waals surface area (Å²) in [5, 5.41) is 13.8. The molecular formula is C21H13ClN6S2. The first kappa shape index (κ1) is 20.1. The number of hydrogen-bond acceptors (Lipinski definition) is 7. The van der Waals surface area contributed by atoms with Gasteiger partial charge in [-0.15, -0.1) is 11.3 Å². The van der Waals surface area contributed by atoms with Crippen LogP contribution in [-0.2, 0) is 5.75 Å². The molecule has 0 saturated heterocycles. The van der Waals surface area contributed by atoms with Crippen molar-refractivity contribution in [2.75, 3.05) is 12.3 Å². The summed E-state index contributed by atoms with van der Waals surface area (Å²) in [7, 11) is 0. The van der Waals surface area contributed by atoms with Crippen LogP contribution in [0.3, 0.4) is 0 Å². The normalized spacial score (nSPS) is 12.4. The fourth-order valence-electron chi connectivity index (χ4n) is 2.94. The van der Waals surface area contributed by atoms with Gasteiger partial charge in [-0.1, -0.05) is 41.6 Å². The van der Waals surface area contributed by atoms with E-state index in [1.807, 2.05) is 35.7 Å². The number of thioether (sulfide) groups is 1. The van der Waals surface area contributed by atoms with Gasteiger partial charge in [0.25, 0.3) is 0 Å². The van der Waals surface area contributed by atoms with E-state index in [9.17, 15) is 5.26 Å². The lowest BCUT2D eigenvalue weighted by Crippen LogP contribution is -2.02. The lowest BCUT2D eigenvalue weighted by molar-refractivity contribution is 1.11. The van der Waals surface area contributed by atoms with Crippen molar-refractivity contribution in [3.05, 3.63) is 69.0 Å². The Hall–Kier alpha value is -3.17. The van der Waals surface area contributed by atoms with Gasteiger partial charge in [0, 0.05) is 33.5 Å². The van der Waals surface area contributed by atoms with Gasteiger partial charge in [0.1, 0.15) is 21.9 Å². The van der Waals surface area contributed by atoms with Crippen LogP contribution < -0.4 is 5.73 Å². The molecule has 0 fully saturated rings. The minimum Gasteiger partial charge on any atom is -0.392 e. The number of allylic oxidation sites excluding steroid dienone is 1. The molecule has 0 atom stereocenters. The third-order valence-electron chi connectivity index (χ3n) is 4.32. The number of aliphatic imine (C=N–C) groups is 1. The van der Waals surface area contributed by atoms with E-state index in [0.717, 1.165) is 21.8 Å². The number of pyridine rings is 1. The molecule has 0 spiro atoms. The van der Waals surface area contributed by atoms with E-state index in [4.69, 9.17) is 23.9 Å². The van der Waals surface area contributed by atoms with E-state index >= 15 is 0 Å².